The molecule has 0 spiro atoms. The van der Waals surface area contributed by atoms with E-state index in [4.69, 9.17) is 20.3 Å². The van der Waals surface area contributed by atoms with Crippen LogP contribution in [-0.2, 0) is 17.6 Å². The van der Waals surface area contributed by atoms with Gasteiger partial charge in [0.05, 0.1) is 36.4 Å². The highest BCUT2D eigenvalue weighted by atomic mass is 19.1. The van der Waals surface area contributed by atoms with Gasteiger partial charge in [0.1, 0.15) is 5.82 Å². The molecule has 7 heteroatoms. The highest BCUT2D eigenvalue weighted by molar-refractivity contribution is 5.67. The normalized spacial score (nSPS) is 16.3. The van der Waals surface area contributed by atoms with E-state index in [-0.39, 0.29) is 17.7 Å². The van der Waals surface area contributed by atoms with E-state index < -0.39 is 0 Å². The Morgan fingerprint density at radius 2 is 2.17 bits per heavy atom. The van der Waals surface area contributed by atoms with Gasteiger partial charge in [0.15, 0.2) is 11.6 Å². The van der Waals surface area contributed by atoms with Crippen molar-refractivity contribution in [2.24, 2.45) is 0 Å². The predicted molar refractivity (Wildman–Crippen MR) is 110 cm³/mol. The van der Waals surface area contributed by atoms with E-state index in [9.17, 15) is 4.39 Å². The molecule has 0 radical (unpaired) electrons. The van der Waals surface area contributed by atoms with Crippen molar-refractivity contribution in [2.75, 3.05) is 18.9 Å². The van der Waals surface area contributed by atoms with E-state index in [2.05, 4.69) is 11.9 Å². The van der Waals surface area contributed by atoms with Gasteiger partial charge in [0, 0.05) is 29.8 Å². The van der Waals surface area contributed by atoms with Crippen LogP contribution in [0.25, 0.3) is 16.9 Å². The second-order valence-corrected chi connectivity index (χ2v) is 7.30. The smallest absolute Gasteiger partial charge is 0.165 e. The van der Waals surface area contributed by atoms with Gasteiger partial charge in [-0.05, 0) is 51.0 Å². The molecule has 0 fully saturated rings. The van der Waals surface area contributed by atoms with Crippen molar-refractivity contribution in [2.45, 2.75) is 39.7 Å². The van der Waals surface area contributed by atoms with Crippen molar-refractivity contribution in [3.8, 4) is 22.7 Å². The zero-order valence-electron chi connectivity index (χ0n) is 16.9. The molecule has 1 aromatic carbocycles. The van der Waals surface area contributed by atoms with Crippen LogP contribution in [0.5, 0.6) is 5.75 Å². The minimum absolute atomic E-state index is 0.0673. The number of hydrogen-bond donors (Lipinski definition) is 1. The first-order valence-corrected chi connectivity index (χ1v) is 9.85. The number of hydrogen-bond acceptors (Lipinski definition) is 5. The van der Waals surface area contributed by atoms with Crippen molar-refractivity contribution >= 4 is 5.82 Å². The van der Waals surface area contributed by atoms with Crippen LogP contribution in [0.2, 0.25) is 0 Å². The van der Waals surface area contributed by atoms with Crippen LogP contribution in [0.4, 0.5) is 10.2 Å². The Morgan fingerprint density at radius 1 is 1.34 bits per heavy atom. The van der Waals surface area contributed by atoms with Crippen LogP contribution in [0, 0.1) is 12.7 Å². The molecular formula is C22H25FN4O2. The summed E-state index contributed by atoms with van der Waals surface area (Å²) in [4.78, 5) is 4.30. The van der Waals surface area contributed by atoms with Crippen LogP contribution in [0.15, 0.2) is 30.5 Å². The van der Waals surface area contributed by atoms with Crippen molar-refractivity contribution < 1.29 is 13.9 Å². The first kappa shape index (κ1) is 19.4. The maximum absolute atomic E-state index is 14.1. The number of fused-ring (bicyclic) bond motifs is 1. The van der Waals surface area contributed by atoms with E-state index in [0.717, 1.165) is 40.2 Å². The Labute approximate surface area is 169 Å². The first-order chi connectivity index (χ1) is 14.0. The molecule has 152 valence electrons. The molecule has 0 bridgehead atoms. The summed E-state index contributed by atoms with van der Waals surface area (Å²) in [6, 6.07) is 6.83. The molecule has 3 heterocycles. The Hall–Kier alpha value is -2.93. The standard InChI is InChI=1S/C22H25FN4O2/c1-4-28-20-11-16(5-6-18(20)23)27-19-10-14(3)29-8-7-17(19)21(26-27)15-9-13(2)22(24)25-12-15/h5-6,9,11-12,14H,4,7-8,10H2,1-3H3,(H2,24,25)/t14-/m1/s1. The van der Waals surface area contributed by atoms with E-state index in [0.29, 0.717) is 25.5 Å². The first-order valence-electron chi connectivity index (χ1n) is 9.85. The number of nitrogens with zero attached hydrogens (tertiary/aromatic N) is 3. The SMILES string of the molecule is CCOc1cc(-n2nc(-c3cnc(N)c(C)c3)c3c2C[C@@H](C)OCC3)ccc1F. The number of ether oxygens (including phenoxy) is 2. The maximum atomic E-state index is 14.1. The fourth-order valence-corrected chi connectivity index (χ4v) is 3.70. The zero-order valence-corrected chi connectivity index (χ0v) is 16.9. The van der Waals surface area contributed by atoms with E-state index >= 15 is 0 Å². The van der Waals surface area contributed by atoms with Crippen molar-refractivity contribution in [1.29, 1.82) is 0 Å². The van der Waals surface area contributed by atoms with E-state index in [1.165, 1.54) is 6.07 Å². The lowest BCUT2D eigenvalue weighted by molar-refractivity contribution is 0.0735. The third-order valence-corrected chi connectivity index (χ3v) is 5.18. The third-order valence-electron chi connectivity index (χ3n) is 5.18. The molecule has 2 aromatic heterocycles. The molecule has 6 nitrogen and oxygen atoms in total. The number of aromatic nitrogens is 3. The second kappa shape index (κ2) is 7.83. The Morgan fingerprint density at radius 3 is 2.93 bits per heavy atom. The number of halogens is 1. The van der Waals surface area contributed by atoms with E-state index in [1.807, 2.05) is 24.6 Å². The summed E-state index contributed by atoms with van der Waals surface area (Å²) in [6.45, 7) is 6.84. The number of benzene rings is 1. The lowest BCUT2D eigenvalue weighted by atomic mass is 10.0. The summed E-state index contributed by atoms with van der Waals surface area (Å²) in [5.74, 6) is 0.346. The highest BCUT2D eigenvalue weighted by Crippen LogP contribution is 2.32. The highest BCUT2D eigenvalue weighted by Gasteiger charge is 2.25. The Kier molecular flexibility index (Phi) is 5.24. The van der Waals surface area contributed by atoms with Gasteiger partial charge in [-0.3, -0.25) is 0 Å². The molecule has 1 aliphatic rings. The predicted octanol–water partition coefficient (Wildman–Crippen LogP) is 3.87. The number of nitrogens with two attached hydrogens (primary N) is 1. The summed E-state index contributed by atoms with van der Waals surface area (Å²) in [5, 5.41) is 4.91. The summed E-state index contributed by atoms with van der Waals surface area (Å²) < 4.78 is 27.3. The molecule has 0 saturated carbocycles. The van der Waals surface area contributed by atoms with Crippen molar-refractivity contribution in [1.82, 2.24) is 14.8 Å². The van der Waals surface area contributed by atoms with Gasteiger partial charge in [-0.2, -0.15) is 5.10 Å². The molecule has 0 saturated heterocycles. The monoisotopic (exact) mass is 396 g/mol. The molecule has 1 aliphatic heterocycles. The zero-order chi connectivity index (χ0) is 20.5. The fraction of sp³-hybridized carbons (Fsp3) is 0.364. The van der Waals surface area contributed by atoms with Gasteiger partial charge in [-0.25, -0.2) is 14.1 Å². The lowest BCUT2D eigenvalue weighted by Crippen LogP contribution is -2.13. The number of nitrogen functional groups attached to an aromatic ring is 1. The van der Waals surface area contributed by atoms with Crippen LogP contribution in [0.3, 0.4) is 0 Å². The average Bonchev–Trinajstić information content (AvgIpc) is 2.92. The minimum atomic E-state index is -0.385. The molecular weight excluding hydrogens is 371 g/mol. The molecule has 0 amide bonds. The average molecular weight is 396 g/mol. The van der Waals surface area contributed by atoms with Crippen LogP contribution >= 0.6 is 0 Å². The summed E-state index contributed by atoms with van der Waals surface area (Å²) in [6.07, 6.45) is 3.28. The Balaban J connectivity index is 1.89. The Bertz CT molecular complexity index is 1050. The van der Waals surface area contributed by atoms with Crippen LogP contribution in [0.1, 0.15) is 30.7 Å². The molecule has 2 N–H and O–H groups in total. The maximum Gasteiger partial charge on any atom is 0.165 e. The van der Waals surface area contributed by atoms with Crippen molar-refractivity contribution in [3.63, 3.8) is 0 Å². The topological polar surface area (TPSA) is 75.2 Å². The number of pyridine rings is 1. The van der Waals surface area contributed by atoms with Crippen LogP contribution < -0.4 is 10.5 Å². The van der Waals surface area contributed by atoms with Gasteiger partial charge in [-0.1, -0.05) is 0 Å². The molecule has 1 atom stereocenters. The molecule has 0 aliphatic carbocycles. The largest absolute Gasteiger partial charge is 0.491 e. The van der Waals surface area contributed by atoms with Gasteiger partial charge in [0.25, 0.3) is 0 Å². The number of rotatable bonds is 4. The van der Waals surface area contributed by atoms with Crippen molar-refractivity contribution in [3.05, 3.63) is 53.1 Å². The summed E-state index contributed by atoms with van der Waals surface area (Å²) >= 11 is 0. The van der Waals surface area contributed by atoms with Gasteiger partial charge in [-0.15, -0.1) is 0 Å². The summed E-state index contributed by atoms with van der Waals surface area (Å²) in [7, 11) is 0. The molecule has 3 aromatic rings. The molecule has 29 heavy (non-hydrogen) atoms. The second-order valence-electron chi connectivity index (χ2n) is 7.30. The minimum Gasteiger partial charge on any atom is -0.491 e. The third kappa shape index (κ3) is 3.70. The quantitative estimate of drug-likeness (QED) is 0.725. The molecule has 4 rings (SSSR count). The lowest BCUT2D eigenvalue weighted by Gasteiger charge is -2.13. The molecule has 0 unspecified atom stereocenters. The number of anilines is 1. The van der Waals surface area contributed by atoms with Gasteiger partial charge >= 0.3 is 0 Å². The summed E-state index contributed by atoms with van der Waals surface area (Å²) in [5.41, 5.74) is 11.5. The van der Waals surface area contributed by atoms with Gasteiger partial charge in [0.2, 0.25) is 0 Å². The van der Waals surface area contributed by atoms with E-state index in [1.54, 1.807) is 18.3 Å². The van der Waals surface area contributed by atoms with Crippen LogP contribution in [-0.4, -0.2) is 34.1 Å². The van der Waals surface area contributed by atoms with Gasteiger partial charge < -0.3 is 15.2 Å². The number of aryl methyl sites for hydroxylation is 1. The fourth-order valence-electron chi connectivity index (χ4n) is 3.70.